The smallest absolute Gasteiger partial charge is 0.237 e. The van der Waals surface area contributed by atoms with E-state index in [1.54, 1.807) is 0 Å². The molecule has 0 bridgehead atoms. The van der Waals surface area contributed by atoms with Crippen LogP contribution in [0.4, 0.5) is 0 Å². The summed E-state index contributed by atoms with van der Waals surface area (Å²) in [6.07, 6.45) is 3.31. The lowest BCUT2D eigenvalue weighted by Gasteiger charge is -2.38. The Kier molecular flexibility index (Phi) is 5.60. The van der Waals surface area contributed by atoms with Crippen LogP contribution >= 0.6 is 0 Å². The second-order valence-corrected chi connectivity index (χ2v) is 5.99. The van der Waals surface area contributed by atoms with E-state index in [0.717, 1.165) is 32.0 Å². The van der Waals surface area contributed by atoms with Gasteiger partial charge in [-0.25, -0.2) is 0 Å². The molecule has 3 N–H and O–H groups in total. The topological polar surface area (TPSA) is 58.4 Å². The van der Waals surface area contributed by atoms with Gasteiger partial charge in [0.15, 0.2) is 0 Å². The van der Waals surface area contributed by atoms with E-state index in [9.17, 15) is 4.79 Å². The molecule has 1 heterocycles. The van der Waals surface area contributed by atoms with Crippen molar-refractivity contribution in [2.75, 3.05) is 19.6 Å². The van der Waals surface area contributed by atoms with Crippen LogP contribution in [0.5, 0.6) is 0 Å². The van der Waals surface area contributed by atoms with Gasteiger partial charge in [-0.2, -0.15) is 0 Å². The van der Waals surface area contributed by atoms with Crippen molar-refractivity contribution in [2.45, 2.75) is 58.5 Å². The Balaban J connectivity index is 2.49. The number of nitrogens with zero attached hydrogens (tertiary/aromatic N) is 1. The number of carbonyl (C=O) groups is 1. The highest BCUT2D eigenvalue weighted by molar-refractivity contribution is 5.84. The number of likely N-dealkylation sites (tertiary alicyclic amines) is 1. The van der Waals surface area contributed by atoms with E-state index in [-0.39, 0.29) is 5.91 Å². The number of amides is 1. The average molecular weight is 255 g/mol. The molecule has 0 radical (unpaired) electrons. The maximum atomic E-state index is 11.6. The molecule has 0 saturated carbocycles. The van der Waals surface area contributed by atoms with Crippen molar-refractivity contribution in [1.82, 2.24) is 10.2 Å². The molecule has 0 aliphatic carbocycles. The molecule has 3 unspecified atom stereocenters. The fraction of sp³-hybridized carbons (Fsp3) is 0.929. The first kappa shape index (κ1) is 15.4. The molecule has 106 valence electrons. The summed E-state index contributed by atoms with van der Waals surface area (Å²) in [7, 11) is 0. The van der Waals surface area contributed by atoms with Gasteiger partial charge in [0.05, 0.1) is 5.54 Å². The minimum atomic E-state index is -0.572. The first-order valence-corrected chi connectivity index (χ1v) is 7.18. The fourth-order valence-corrected chi connectivity index (χ4v) is 2.84. The average Bonchev–Trinajstić information content (AvgIpc) is 2.28. The highest BCUT2D eigenvalue weighted by atomic mass is 16.1. The molecule has 0 aromatic carbocycles. The van der Waals surface area contributed by atoms with E-state index in [1.165, 1.54) is 12.8 Å². The molecule has 4 nitrogen and oxygen atoms in total. The van der Waals surface area contributed by atoms with Crippen LogP contribution in [0.3, 0.4) is 0 Å². The van der Waals surface area contributed by atoms with Gasteiger partial charge in [0.1, 0.15) is 0 Å². The summed E-state index contributed by atoms with van der Waals surface area (Å²) in [5.74, 6) is 0.579. The molecule has 1 fully saturated rings. The summed E-state index contributed by atoms with van der Waals surface area (Å²) in [5, 5.41) is 3.22. The van der Waals surface area contributed by atoms with Gasteiger partial charge in [-0.1, -0.05) is 13.8 Å². The second-order valence-electron chi connectivity index (χ2n) is 5.99. The lowest BCUT2D eigenvalue weighted by atomic mass is 9.91. The predicted octanol–water partition coefficient (Wildman–Crippen LogP) is 1.35. The Morgan fingerprint density at radius 3 is 2.67 bits per heavy atom. The highest BCUT2D eigenvalue weighted by Gasteiger charge is 2.31. The number of nitrogens with one attached hydrogen (secondary N) is 1. The number of hydrogen-bond donors (Lipinski definition) is 2. The Morgan fingerprint density at radius 2 is 2.17 bits per heavy atom. The molecule has 4 heteroatoms. The molecule has 1 amide bonds. The first-order chi connectivity index (χ1) is 8.39. The molecule has 3 atom stereocenters. The van der Waals surface area contributed by atoms with Crippen molar-refractivity contribution < 1.29 is 4.79 Å². The summed E-state index contributed by atoms with van der Waals surface area (Å²) in [5.41, 5.74) is 4.94. The minimum Gasteiger partial charge on any atom is -0.368 e. The molecule has 0 spiro atoms. The number of hydrogen-bond acceptors (Lipinski definition) is 3. The van der Waals surface area contributed by atoms with Crippen LogP contribution in [0.25, 0.3) is 0 Å². The number of nitrogens with two attached hydrogens (primary N) is 1. The summed E-state index contributed by atoms with van der Waals surface area (Å²) >= 11 is 0. The number of piperidine rings is 1. The number of carbonyl (C=O) groups excluding carboxylic acids is 1. The van der Waals surface area contributed by atoms with Gasteiger partial charge < -0.3 is 16.0 Å². The third-order valence-electron chi connectivity index (χ3n) is 4.29. The molecule has 0 aromatic rings. The van der Waals surface area contributed by atoms with Crippen LogP contribution in [0, 0.1) is 5.92 Å². The van der Waals surface area contributed by atoms with Crippen molar-refractivity contribution in [1.29, 1.82) is 0 Å². The van der Waals surface area contributed by atoms with E-state index >= 15 is 0 Å². The summed E-state index contributed by atoms with van der Waals surface area (Å²) in [6, 6.07) is 0.618. The predicted molar refractivity (Wildman–Crippen MR) is 75.3 cm³/mol. The van der Waals surface area contributed by atoms with Crippen LogP contribution in [-0.4, -0.2) is 42.0 Å². The third-order valence-corrected chi connectivity index (χ3v) is 4.29. The third kappa shape index (κ3) is 3.95. The summed E-state index contributed by atoms with van der Waals surface area (Å²) < 4.78 is 0. The van der Waals surface area contributed by atoms with Crippen LogP contribution in [-0.2, 0) is 4.79 Å². The molecule has 1 aliphatic heterocycles. The Labute approximate surface area is 111 Å². The van der Waals surface area contributed by atoms with Crippen molar-refractivity contribution >= 4 is 5.91 Å². The van der Waals surface area contributed by atoms with Gasteiger partial charge in [-0.15, -0.1) is 0 Å². The standard InChI is InChI=1S/C14H29N3O/c1-5-16-14(4,13(15)18)7-9-17-8-6-11(2)10-12(17)3/h11-12,16H,5-10H2,1-4H3,(H2,15,18). The molecule has 1 rings (SSSR count). The molecule has 1 saturated heterocycles. The Bertz CT molecular complexity index is 282. The lowest BCUT2D eigenvalue weighted by Crippen LogP contribution is -2.55. The second kappa shape index (κ2) is 6.53. The van der Waals surface area contributed by atoms with Gasteiger partial charge in [0, 0.05) is 12.6 Å². The molecular weight excluding hydrogens is 226 g/mol. The van der Waals surface area contributed by atoms with Gasteiger partial charge in [0.25, 0.3) is 0 Å². The summed E-state index contributed by atoms with van der Waals surface area (Å²) in [4.78, 5) is 14.0. The van der Waals surface area contributed by atoms with E-state index < -0.39 is 5.54 Å². The normalized spacial score (nSPS) is 28.9. The van der Waals surface area contributed by atoms with Crippen LogP contribution in [0.2, 0.25) is 0 Å². The maximum absolute atomic E-state index is 11.6. The van der Waals surface area contributed by atoms with Crippen molar-refractivity contribution in [3.63, 3.8) is 0 Å². The zero-order chi connectivity index (χ0) is 13.8. The van der Waals surface area contributed by atoms with Gasteiger partial charge in [-0.05, 0) is 52.1 Å². The zero-order valence-corrected chi connectivity index (χ0v) is 12.3. The fourth-order valence-electron chi connectivity index (χ4n) is 2.84. The van der Waals surface area contributed by atoms with Gasteiger partial charge in [0.2, 0.25) is 5.91 Å². The minimum absolute atomic E-state index is 0.248. The SMILES string of the molecule is CCNC(C)(CCN1CCC(C)CC1C)C(N)=O. The van der Waals surface area contributed by atoms with E-state index in [2.05, 4.69) is 24.1 Å². The van der Waals surface area contributed by atoms with E-state index in [0.29, 0.717) is 6.04 Å². The van der Waals surface area contributed by atoms with E-state index in [4.69, 9.17) is 5.73 Å². The first-order valence-electron chi connectivity index (χ1n) is 7.18. The maximum Gasteiger partial charge on any atom is 0.237 e. The molecule has 18 heavy (non-hydrogen) atoms. The van der Waals surface area contributed by atoms with Crippen molar-refractivity contribution in [3.8, 4) is 0 Å². The summed E-state index contributed by atoms with van der Waals surface area (Å²) in [6.45, 7) is 11.4. The van der Waals surface area contributed by atoms with Gasteiger partial charge in [-0.3, -0.25) is 4.79 Å². The largest absolute Gasteiger partial charge is 0.368 e. The number of likely N-dealkylation sites (N-methyl/N-ethyl adjacent to an activating group) is 1. The van der Waals surface area contributed by atoms with Gasteiger partial charge >= 0.3 is 0 Å². The molecular formula is C14H29N3O. The van der Waals surface area contributed by atoms with Crippen LogP contribution in [0.15, 0.2) is 0 Å². The van der Waals surface area contributed by atoms with Crippen molar-refractivity contribution in [3.05, 3.63) is 0 Å². The quantitative estimate of drug-likeness (QED) is 0.753. The zero-order valence-electron chi connectivity index (χ0n) is 12.3. The highest BCUT2D eigenvalue weighted by Crippen LogP contribution is 2.23. The monoisotopic (exact) mass is 255 g/mol. The van der Waals surface area contributed by atoms with Crippen LogP contribution in [0.1, 0.15) is 47.0 Å². The van der Waals surface area contributed by atoms with E-state index in [1.807, 2.05) is 13.8 Å². The molecule has 1 aliphatic rings. The Hall–Kier alpha value is -0.610. The number of primary amides is 1. The number of rotatable bonds is 6. The van der Waals surface area contributed by atoms with Crippen molar-refractivity contribution in [2.24, 2.45) is 11.7 Å². The van der Waals surface area contributed by atoms with Crippen LogP contribution < -0.4 is 11.1 Å². The Morgan fingerprint density at radius 1 is 1.50 bits per heavy atom. The molecule has 0 aromatic heterocycles. The lowest BCUT2D eigenvalue weighted by molar-refractivity contribution is -0.124.